The first-order valence-electron chi connectivity index (χ1n) is 9.53. The first-order valence-corrected chi connectivity index (χ1v) is 11.0. The number of amides is 1. The van der Waals surface area contributed by atoms with E-state index in [0.717, 1.165) is 17.7 Å². The molecule has 1 aliphatic heterocycles. The summed E-state index contributed by atoms with van der Waals surface area (Å²) < 4.78 is 38.1. The molecule has 8 heteroatoms. The van der Waals surface area contributed by atoms with Crippen LogP contribution in [0.5, 0.6) is 5.75 Å². The van der Waals surface area contributed by atoms with Crippen LogP contribution in [-0.2, 0) is 26.0 Å². The average Bonchev–Trinajstić information content (AvgIpc) is 3.15. The number of carbonyl (C=O) groups excluding carboxylic acids is 1. The van der Waals surface area contributed by atoms with Crippen molar-refractivity contribution in [3.63, 3.8) is 0 Å². The number of hydrogen-bond acceptors (Lipinski definition) is 5. The van der Waals surface area contributed by atoms with Gasteiger partial charge in [-0.2, -0.15) is 0 Å². The van der Waals surface area contributed by atoms with Crippen molar-refractivity contribution in [3.05, 3.63) is 53.6 Å². The molecule has 1 aliphatic rings. The molecule has 2 aromatic carbocycles. The summed E-state index contributed by atoms with van der Waals surface area (Å²) in [7, 11) is -2.04. The van der Waals surface area contributed by atoms with Gasteiger partial charge in [0.05, 0.1) is 10.6 Å². The summed E-state index contributed by atoms with van der Waals surface area (Å²) in [5.41, 5.74) is 2.42. The van der Waals surface area contributed by atoms with E-state index in [1.165, 1.54) is 10.4 Å². The highest BCUT2D eigenvalue weighted by molar-refractivity contribution is 7.92. The van der Waals surface area contributed by atoms with Crippen LogP contribution >= 0.6 is 0 Å². The lowest BCUT2D eigenvalue weighted by molar-refractivity contribution is -0.123. The Labute approximate surface area is 171 Å². The molecule has 0 spiro atoms. The van der Waals surface area contributed by atoms with Crippen LogP contribution in [0.2, 0.25) is 0 Å². The SMILES string of the molecule is COCCCNC(=O)COc1ccc(S(=O)(=O)N2CCc3ccccc32)cc1C. The molecular formula is C21H26N2O5S. The molecule has 0 unspecified atom stereocenters. The predicted molar refractivity (Wildman–Crippen MR) is 111 cm³/mol. The molecule has 7 nitrogen and oxygen atoms in total. The summed E-state index contributed by atoms with van der Waals surface area (Å²) in [6, 6.07) is 12.2. The highest BCUT2D eigenvalue weighted by Gasteiger charge is 2.30. The molecule has 0 atom stereocenters. The number of rotatable bonds is 9. The van der Waals surface area contributed by atoms with Gasteiger partial charge in [-0.1, -0.05) is 18.2 Å². The summed E-state index contributed by atoms with van der Waals surface area (Å²) >= 11 is 0. The van der Waals surface area contributed by atoms with Crippen molar-refractivity contribution in [2.75, 3.05) is 37.7 Å². The Balaban J connectivity index is 1.66. The van der Waals surface area contributed by atoms with Crippen LogP contribution in [-0.4, -0.2) is 47.7 Å². The fourth-order valence-corrected chi connectivity index (χ4v) is 4.86. The number of anilines is 1. The summed E-state index contributed by atoms with van der Waals surface area (Å²) in [5.74, 6) is 0.253. The summed E-state index contributed by atoms with van der Waals surface area (Å²) in [4.78, 5) is 12.0. The Morgan fingerprint density at radius 2 is 2.00 bits per heavy atom. The van der Waals surface area contributed by atoms with Gasteiger partial charge in [0.15, 0.2) is 6.61 Å². The maximum Gasteiger partial charge on any atom is 0.264 e. The lowest BCUT2D eigenvalue weighted by Gasteiger charge is -2.20. The third-order valence-electron chi connectivity index (χ3n) is 4.79. The standard InChI is InChI=1S/C21H26N2O5S/c1-16-14-18(8-9-20(16)28-15-21(24)22-11-5-13-27-2)29(25,26)23-12-10-17-6-3-4-7-19(17)23/h3-4,6-9,14H,5,10-13,15H2,1-2H3,(H,22,24). The van der Waals surface area contributed by atoms with E-state index in [9.17, 15) is 13.2 Å². The second-order valence-electron chi connectivity index (χ2n) is 6.87. The molecule has 0 bridgehead atoms. The van der Waals surface area contributed by atoms with Gasteiger partial charge in [-0.15, -0.1) is 0 Å². The number of para-hydroxylation sites is 1. The number of nitrogens with zero attached hydrogens (tertiary/aromatic N) is 1. The zero-order chi connectivity index (χ0) is 20.9. The largest absolute Gasteiger partial charge is 0.484 e. The van der Waals surface area contributed by atoms with Crippen LogP contribution in [0.1, 0.15) is 17.5 Å². The Kier molecular flexibility index (Phi) is 6.76. The van der Waals surface area contributed by atoms with E-state index < -0.39 is 10.0 Å². The molecule has 0 aromatic heterocycles. The molecule has 0 saturated heterocycles. The Morgan fingerprint density at radius 1 is 1.21 bits per heavy atom. The maximum absolute atomic E-state index is 13.1. The van der Waals surface area contributed by atoms with E-state index in [1.54, 1.807) is 26.2 Å². The number of aryl methyl sites for hydroxylation is 1. The number of hydrogen-bond donors (Lipinski definition) is 1. The van der Waals surface area contributed by atoms with E-state index >= 15 is 0 Å². The molecule has 3 rings (SSSR count). The predicted octanol–water partition coefficient (Wildman–Crippen LogP) is 2.28. The van der Waals surface area contributed by atoms with Crippen molar-refractivity contribution < 1.29 is 22.7 Å². The zero-order valence-corrected chi connectivity index (χ0v) is 17.5. The van der Waals surface area contributed by atoms with E-state index in [0.29, 0.717) is 37.4 Å². The minimum absolute atomic E-state index is 0.126. The van der Waals surface area contributed by atoms with Crippen LogP contribution in [0, 0.1) is 6.92 Å². The second kappa shape index (κ2) is 9.28. The lowest BCUT2D eigenvalue weighted by Crippen LogP contribution is -2.30. The van der Waals surface area contributed by atoms with Gasteiger partial charge in [0, 0.05) is 26.8 Å². The molecule has 156 valence electrons. The van der Waals surface area contributed by atoms with Crippen molar-refractivity contribution in [2.45, 2.75) is 24.7 Å². The van der Waals surface area contributed by atoms with E-state index in [4.69, 9.17) is 9.47 Å². The van der Waals surface area contributed by atoms with Crippen molar-refractivity contribution in [3.8, 4) is 5.75 Å². The third kappa shape index (κ3) is 4.89. The highest BCUT2D eigenvalue weighted by Crippen LogP contribution is 2.33. The monoisotopic (exact) mass is 418 g/mol. The van der Waals surface area contributed by atoms with E-state index in [2.05, 4.69) is 5.32 Å². The van der Waals surface area contributed by atoms with Crippen molar-refractivity contribution in [2.24, 2.45) is 0 Å². The molecule has 0 fully saturated rings. The fourth-order valence-electron chi connectivity index (χ4n) is 3.27. The molecule has 1 heterocycles. The van der Waals surface area contributed by atoms with Crippen LogP contribution < -0.4 is 14.4 Å². The van der Waals surface area contributed by atoms with Crippen LogP contribution in [0.15, 0.2) is 47.4 Å². The maximum atomic E-state index is 13.1. The Morgan fingerprint density at radius 3 is 2.76 bits per heavy atom. The van der Waals surface area contributed by atoms with Gasteiger partial charge in [-0.3, -0.25) is 9.10 Å². The molecule has 0 radical (unpaired) electrons. The smallest absolute Gasteiger partial charge is 0.264 e. The van der Waals surface area contributed by atoms with Gasteiger partial charge in [0.1, 0.15) is 5.75 Å². The first-order chi connectivity index (χ1) is 13.9. The van der Waals surface area contributed by atoms with Crippen LogP contribution in [0.3, 0.4) is 0 Å². The summed E-state index contributed by atoms with van der Waals surface area (Å²) in [6.07, 6.45) is 1.43. The fraction of sp³-hybridized carbons (Fsp3) is 0.381. The number of methoxy groups -OCH3 is 1. The minimum atomic E-state index is -3.65. The number of carbonyl (C=O) groups is 1. The van der Waals surface area contributed by atoms with Crippen molar-refractivity contribution in [1.82, 2.24) is 5.32 Å². The van der Waals surface area contributed by atoms with Gasteiger partial charge in [-0.25, -0.2) is 8.42 Å². The minimum Gasteiger partial charge on any atom is -0.484 e. The summed E-state index contributed by atoms with van der Waals surface area (Å²) in [6.45, 7) is 3.17. The first kappa shape index (κ1) is 21.1. The van der Waals surface area contributed by atoms with Gasteiger partial charge < -0.3 is 14.8 Å². The van der Waals surface area contributed by atoms with Crippen LogP contribution in [0.4, 0.5) is 5.69 Å². The Hall–Kier alpha value is -2.58. The van der Waals surface area contributed by atoms with Gasteiger partial charge >= 0.3 is 0 Å². The molecule has 0 aliphatic carbocycles. The number of benzene rings is 2. The van der Waals surface area contributed by atoms with Crippen molar-refractivity contribution in [1.29, 1.82) is 0 Å². The number of fused-ring (bicyclic) bond motifs is 1. The number of sulfonamides is 1. The lowest BCUT2D eigenvalue weighted by atomic mass is 10.2. The van der Waals surface area contributed by atoms with Gasteiger partial charge in [-0.05, 0) is 55.2 Å². The second-order valence-corrected chi connectivity index (χ2v) is 8.73. The summed E-state index contributed by atoms with van der Waals surface area (Å²) in [5, 5.41) is 2.74. The van der Waals surface area contributed by atoms with Gasteiger partial charge in [0.2, 0.25) is 0 Å². The highest BCUT2D eigenvalue weighted by atomic mass is 32.2. The van der Waals surface area contributed by atoms with Crippen LogP contribution in [0.25, 0.3) is 0 Å². The molecule has 0 saturated carbocycles. The molecule has 29 heavy (non-hydrogen) atoms. The van der Waals surface area contributed by atoms with E-state index in [1.807, 2.05) is 24.3 Å². The number of ether oxygens (including phenoxy) is 2. The third-order valence-corrected chi connectivity index (χ3v) is 6.59. The normalized spacial score (nSPS) is 13.2. The number of nitrogens with one attached hydrogen (secondary N) is 1. The van der Waals surface area contributed by atoms with Crippen molar-refractivity contribution >= 4 is 21.6 Å². The molecule has 1 N–H and O–H groups in total. The Bertz CT molecular complexity index is 975. The molecular weight excluding hydrogens is 392 g/mol. The zero-order valence-electron chi connectivity index (χ0n) is 16.7. The quantitative estimate of drug-likeness (QED) is 0.632. The average molecular weight is 419 g/mol. The van der Waals surface area contributed by atoms with Gasteiger partial charge in [0.25, 0.3) is 15.9 Å². The molecule has 2 aromatic rings. The molecule has 1 amide bonds. The van der Waals surface area contributed by atoms with E-state index in [-0.39, 0.29) is 17.4 Å². The topological polar surface area (TPSA) is 84.9 Å².